The van der Waals surface area contributed by atoms with Crippen LogP contribution in [0.3, 0.4) is 0 Å². The van der Waals surface area contributed by atoms with E-state index in [2.05, 4.69) is 174 Å². The quantitative estimate of drug-likeness (QED) is 0.150. The van der Waals surface area contributed by atoms with E-state index >= 15 is 0 Å². The van der Waals surface area contributed by atoms with E-state index in [4.69, 9.17) is 13.8 Å². The molecule has 2 aromatic heterocycles. The molecule has 0 spiro atoms. The third kappa shape index (κ3) is 7.42. The molecule has 2 bridgehead atoms. The fourth-order valence-corrected chi connectivity index (χ4v) is 10.1. The number of hydrogen-bond donors (Lipinski definition) is 0. The highest BCUT2D eigenvalue weighted by molar-refractivity contribution is 5.86. The first-order chi connectivity index (χ1) is 34.2. The maximum atomic E-state index is 9.42. The monoisotopic (exact) mass is 880 g/mol. The van der Waals surface area contributed by atoms with Crippen molar-refractivity contribution >= 4 is 16.9 Å². The Kier molecular flexibility index (Phi) is 8.65. The normalized spacial score (nSPS) is 16.6. The Hall–Kier alpha value is -7.24. The number of hydrogen-bond acceptors (Lipinski definition) is 3. The molecule has 2 unspecified atom stereocenters. The summed E-state index contributed by atoms with van der Waals surface area (Å²) >= 11 is 0. The summed E-state index contributed by atoms with van der Waals surface area (Å²) < 4.78 is 56.3. The molecule has 4 heterocycles. The van der Waals surface area contributed by atoms with Crippen LogP contribution in [0.2, 0.25) is 0 Å². The second-order valence-electron chi connectivity index (χ2n) is 21.2. The van der Waals surface area contributed by atoms with Crippen LogP contribution in [0.4, 0.5) is 5.82 Å². The lowest BCUT2D eigenvalue weighted by Gasteiger charge is -2.28. The van der Waals surface area contributed by atoms with Crippen LogP contribution in [0, 0.1) is 0 Å². The average molecular weight is 881 g/mol. The molecule has 0 amide bonds. The predicted molar refractivity (Wildman–Crippen MR) is 275 cm³/mol. The molecule has 0 radical (unpaired) electrons. The Morgan fingerprint density at radius 3 is 1.81 bits per heavy atom. The van der Waals surface area contributed by atoms with E-state index < -0.39 is 6.04 Å². The van der Waals surface area contributed by atoms with Gasteiger partial charge in [-0.25, -0.2) is 4.98 Å². The number of aromatic nitrogens is 3. The van der Waals surface area contributed by atoms with Gasteiger partial charge in [-0.3, -0.25) is 0 Å². The van der Waals surface area contributed by atoms with Gasteiger partial charge in [-0.1, -0.05) is 165 Å². The third-order valence-electron chi connectivity index (χ3n) is 13.6. The van der Waals surface area contributed by atoms with Gasteiger partial charge >= 0.3 is 0 Å². The first kappa shape index (κ1) is 36.9. The summed E-state index contributed by atoms with van der Waals surface area (Å²) in [5.41, 5.74) is 13.6. The highest BCUT2D eigenvalue weighted by Crippen LogP contribution is 2.58. The Labute approximate surface area is 403 Å². The number of imidazole rings is 1. The van der Waals surface area contributed by atoms with Gasteiger partial charge in [0.05, 0.1) is 18.9 Å². The number of pyridine rings is 1. The lowest BCUT2D eigenvalue weighted by molar-refractivity contribution is -0.566. The van der Waals surface area contributed by atoms with Crippen LogP contribution in [0.25, 0.3) is 44.7 Å². The number of rotatable bonds is 7. The first-order valence-electron chi connectivity index (χ1n) is 25.8. The maximum Gasteiger partial charge on any atom is 0.255 e. The third-order valence-corrected chi connectivity index (χ3v) is 13.6. The molecule has 0 aliphatic carbocycles. The molecule has 2 aliphatic heterocycles. The van der Waals surface area contributed by atoms with Gasteiger partial charge in [-0.05, 0) is 127 Å². The number of nitrogens with zero attached hydrogens (tertiary/aromatic N) is 4. The van der Waals surface area contributed by atoms with Gasteiger partial charge in [0.1, 0.15) is 28.7 Å². The summed E-state index contributed by atoms with van der Waals surface area (Å²) in [6.07, 6.45) is 3.92. The summed E-state index contributed by atoms with van der Waals surface area (Å²) in [5.74, 6) is 2.35. The van der Waals surface area contributed by atoms with Crippen LogP contribution < -0.4 is 14.2 Å². The molecule has 2 atom stereocenters. The van der Waals surface area contributed by atoms with Gasteiger partial charge in [0, 0.05) is 23.4 Å². The molecule has 67 heavy (non-hydrogen) atoms. The molecule has 0 saturated heterocycles. The van der Waals surface area contributed by atoms with Gasteiger partial charge in [0.25, 0.3) is 6.33 Å². The summed E-state index contributed by atoms with van der Waals surface area (Å²) in [6.45, 7) is 19.8. The van der Waals surface area contributed by atoms with E-state index in [1.165, 1.54) is 33.4 Å². The van der Waals surface area contributed by atoms with Crippen molar-refractivity contribution in [3.8, 4) is 45.1 Å². The van der Waals surface area contributed by atoms with Crippen LogP contribution in [-0.4, -0.2) is 9.55 Å². The molecule has 5 nitrogen and oxygen atoms in total. The molecule has 7 aromatic carbocycles. The minimum Gasteiger partial charge on any atom is -0.457 e. The van der Waals surface area contributed by atoms with Crippen molar-refractivity contribution < 1.29 is 16.2 Å². The lowest BCUT2D eigenvalue weighted by atomic mass is 9.77. The zero-order valence-electron chi connectivity index (χ0n) is 44.8. The number of anilines is 1. The van der Waals surface area contributed by atoms with Gasteiger partial charge in [-0.15, -0.1) is 0 Å². The molecule has 0 saturated carbocycles. The van der Waals surface area contributed by atoms with Crippen molar-refractivity contribution in [2.24, 2.45) is 0 Å². The highest BCUT2D eigenvalue weighted by Gasteiger charge is 2.48. The largest absolute Gasteiger partial charge is 0.457 e. The zero-order chi connectivity index (χ0) is 50.8. The second kappa shape index (κ2) is 15.7. The minimum absolute atomic E-state index is 0.0125. The highest BCUT2D eigenvalue weighted by atomic mass is 16.5. The summed E-state index contributed by atoms with van der Waals surface area (Å²) in [4.78, 5) is 7.21. The smallest absolute Gasteiger partial charge is 0.255 e. The van der Waals surface area contributed by atoms with Gasteiger partial charge < -0.3 is 9.64 Å². The predicted octanol–water partition coefficient (Wildman–Crippen LogP) is 15.3. The summed E-state index contributed by atoms with van der Waals surface area (Å²) in [6, 6.07) is 47.1. The van der Waals surface area contributed by atoms with Gasteiger partial charge in [-0.2, -0.15) is 9.13 Å². The molecule has 9 aromatic rings. The second-order valence-corrected chi connectivity index (χ2v) is 21.2. The molecule has 5 heteroatoms. The SMILES string of the molecule is [2H]c1c([2H])c([2H])c(-c2cc(C(C)(C)C)cc(-c3cc(C(C)(C)C)cc(C(C)(C)C)c3)c2-[n+]2cn(-c3cccc(Oc4ccc5c(c4)C4c6ccccc6C5N4c4ccccn4)c3)c3ccccc32)c([2H])c1[2H]. The standard InChI is InChI=1S/C62H59N4O/c1-60(2,3)42-32-41(33-43(34-42)61(4,5)6)52-36-44(62(7,8)9)35-51(40-20-11-10-12-21-40)57(52)65-39-64(54-26-15-16-27-55(54)65)45-22-19-23-46(37-45)67-47-29-30-50-53(38-47)59-49-25-14-13-24-48(49)58(50)66(59)56-28-17-18-31-63-56/h10-39,58-59H,1-9H3/q+1/i10D,11D,12D,20D,21D. The Morgan fingerprint density at radius 2 is 1.13 bits per heavy atom. The van der Waals surface area contributed by atoms with E-state index in [1.807, 2.05) is 54.7 Å². The number of fused-ring (bicyclic) bond motifs is 9. The maximum absolute atomic E-state index is 9.42. The van der Waals surface area contributed by atoms with Crippen LogP contribution in [0.5, 0.6) is 11.5 Å². The van der Waals surface area contributed by atoms with Crippen molar-refractivity contribution in [3.63, 3.8) is 0 Å². The molecule has 0 N–H and O–H groups in total. The number of ether oxygens (including phenoxy) is 1. The van der Waals surface area contributed by atoms with Crippen molar-refractivity contribution in [1.29, 1.82) is 0 Å². The molecule has 0 fully saturated rings. The molecule has 332 valence electrons. The van der Waals surface area contributed by atoms with Gasteiger partial charge in [0.15, 0.2) is 11.0 Å². The molecule has 11 rings (SSSR count). The fourth-order valence-electron chi connectivity index (χ4n) is 10.1. The minimum atomic E-state index is -0.425. The first-order valence-corrected chi connectivity index (χ1v) is 23.3. The van der Waals surface area contributed by atoms with Crippen molar-refractivity contribution in [2.45, 2.75) is 90.6 Å². The van der Waals surface area contributed by atoms with Crippen molar-refractivity contribution in [1.82, 2.24) is 9.55 Å². The van der Waals surface area contributed by atoms with E-state index in [9.17, 15) is 2.74 Å². The van der Waals surface area contributed by atoms with Gasteiger partial charge in [0.2, 0.25) is 0 Å². The van der Waals surface area contributed by atoms with Crippen LogP contribution >= 0.6 is 0 Å². The summed E-state index contributed by atoms with van der Waals surface area (Å²) in [7, 11) is 0. The number of para-hydroxylation sites is 2. The topological polar surface area (TPSA) is 34.2 Å². The van der Waals surface area contributed by atoms with Crippen LogP contribution in [0.1, 0.15) is 120 Å². The molecule has 2 aliphatic rings. The molecular weight excluding hydrogens is 817 g/mol. The summed E-state index contributed by atoms with van der Waals surface area (Å²) in [5, 5.41) is 0. The lowest BCUT2D eigenvalue weighted by Crippen LogP contribution is -2.31. The Balaban J connectivity index is 1.09. The van der Waals surface area contributed by atoms with E-state index in [0.717, 1.165) is 45.0 Å². The van der Waals surface area contributed by atoms with E-state index in [0.29, 0.717) is 17.0 Å². The van der Waals surface area contributed by atoms with Crippen LogP contribution in [-0.2, 0) is 16.2 Å². The van der Waals surface area contributed by atoms with E-state index in [1.54, 1.807) is 0 Å². The fraction of sp³-hybridized carbons (Fsp3) is 0.226. The average Bonchev–Trinajstić information content (AvgIpc) is 4.02. The Bertz CT molecular complexity index is 3590. The van der Waals surface area contributed by atoms with Crippen molar-refractivity contribution in [2.75, 3.05) is 4.90 Å². The zero-order valence-corrected chi connectivity index (χ0v) is 39.8. The Morgan fingerprint density at radius 1 is 0.537 bits per heavy atom. The van der Waals surface area contributed by atoms with Crippen molar-refractivity contribution in [3.05, 3.63) is 221 Å². The van der Waals surface area contributed by atoms with E-state index in [-0.39, 0.29) is 58.1 Å². The number of benzene rings is 7. The molecular formula is C62H59N4O+. The van der Waals surface area contributed by atoms with Crippen LogP contribution in [0.15, 0.2) is 182 Å².